The third-order valence-electron chi connectivity index (χ3n) is 3.54. The molecule has 0 aliphatic heterocycles. The number of carbonyl (C=O) groups excluding carboxylic acids is 1. The number of ether oxygens (including phenoxy) is 1. The van der Waals surface area contributed by atoms with E-state index in [4.69, 9.17) is 4.74 Å². The summed E-state index contributed by atoms with van der Waals surface area (Å²) in [5.41, 5.74) is 1.58. The average molecular weight is 308 g/mol. The fourth-order valence-electron chi connectivity index (χ4n) is 2.37. The lowest BCUT2D eigenvalue weighted by atomic mass is 9.87. The molecule has 124 valence electrons. The molecule has 0 aliphatic carbocycles. The fraction of sp³-hybridized carbons (Fsp3) is 0.588. The number of nitrogens with one attached hydrogen (secondary N) is 2. The number of aliphatic hydroxyl groups is 1. The van der Waals surface area contributed by atoms with Crippen LogP contribution in [0.1, 0.15) is 45.8 Å². The standard InChI is InChI=1S/C17H28N2O3/c1-12(20)10-17(3,4)11-18-16(21)19-15-8-6-7-14(9-15)13(2)22-5/h6-9,12-13,20H,10-11H2,1-5H3,(H2,18,19,21). The largest absolute Gasteiger partial charge is 0.393 e. The molecule has 1 rings (SSSR count). The van der Waals surface area contributed by atoms with Crippen molar-refractivity contribution >= 4 is 11.7 Å². The lowest BCUT2D eigenvalue weighted by Crippen LogP contribution is -2.38. The van der Waals surface area contributed by atoms with E-state index in [-0.39, 0.29) is 23.7 Å². The van der Waals surface area contributed by atoms with Crippen molar-refractivity contribution in [1.82, 2.24) is 5.32 Å². The lowest BCUT2D eigenvalue weighted by Gasteiger charge is -2.26. The number of anilines is 1. The second kappa shape index (κ2) is 8.15. The summed E-state index contributed by atoms with van der Waals surface area (Å²) in [6, 6.07) is 7.34. The van der Waals surface area contributed by atoms with Gasteiger partial charge in [-0.2, -0.15) is 0 Å². The zero-order valence-electron chi connectivity index (χ0n) is 14.1. The van der Waals surface area contributed by atoms with Crippen LogP contribution in [-0.4, -0.2) is 30.9 Å². The summed E-state index contributed by atoms with van der Waals surface area (Å²) in [4.78, 5) is 12.0. The van der Waals surface area contributed by atoms with Crippen molar-refractivity contribution in [2.45, 2.75) is 46.3 Å². The number of urea groups is 1. The van der Waals surface area contributed by atoms with E-state index >= 15 is 0 Å². The first kappa shape index (κ1) is 18.5. The predicted octanol–water partition coefficient (Wildman–Crippen LogP) is 3.31. The lowest BCUT2D eigenvalue weighted by molar-refractivity contribution is 0.119. The Hall–Kier alpha value is -1.59. The van der Waals surface area contributed by atoms with Crippen LogP contribution in [-0.2, 0) is 4.74 Å². The Bertz CT molecular complexity index is 487. The summed E-state index contributed by atoms with van der Waals surface area (Å²) >= 11 is 0. The van der Waals surface area contributed by atoms with E-state index in [1.54, 1.807) is 14.0 Å². The molecule has 0 saturated heterocycles. The van der Waals surface area contributed by atoms with Crippen molar-refractivity contribution in [3.63, 3.8) is 0 Å². The van der Waals surface area contributed by atoms with Gasteiger partial charge in [-0.1, -0.05) is 26.0 Å². The van der Waals surface area contributed by atoms with E-state index in [1.165, 1.54) is 0 Å². The number of hydrogen-bond donors (Lipinski definition) is 3. The molecular formula is C17H28N2O3. The van der Waals surface area contributed by atoms with Gasteiger partial charge in [0, 0.05) is 19.3 Å². The van der Waals surface area contributed by atoms with E-state index in [9.17, 15) is 9.90 Å². The van der Waals surface area contributed by atoms with E-state index in [0.717, 1.165) is 11.3 Å². The monoisotopic (exact) mass is 308 g/mol. The Morgan fingerprint density at radius 1 is 1.36 bits per heavy atom. The van der Waals surface area contributed by atoms with Crippen LogP contribution in [0.5, 0.6) is 0 Å². The van der Waals surface area contributed by atoms with E-state index < -0.39 is 0 Å². The maximum Gasteiger partial charge on any atom is 0.319 e. The third-order valence-corrected chi connectivity index (χ3v) is 3.54. The summed E-state index contributed by atoms with van der Waals surface area (Å²) in [7, 11) is 1.65. The number of aliphatic hydroxyl groups excluding tert-OH is 1. The van der Waals surface area contributed by atoms with Gasteiger partial charge in [0.15, 0.2) is 0 Å². The summed E-state index contributed by atoms with van der Waals surface area (Å²) in [6.45, 7) is 8.24. The van der Waals surface area contributed by atoms with Gasteiger partial charge < -0.3 is 20.5 Å². The van der Waals surface area contributed by atoms with Crippen LogP contribution in [0, 0.1) is 5.41 Å². The Labute approximate surface area is 133 Å². The quantitative estimate of drug-likeness (QED) is 0.723. The van der Waals surface area contributed by atoms with Crippen molar-refractivity contribution in [1.29, 1.82) is 0 Å². The van der Waals surface area contributed by atoms with Crippen LogP contribution < -0.4 is 10.6 Å². The molecule has 0 bridgehead atoms. The maximum absolute atomic E-state index is 12.0. The van der Waals surface area contributed by atoms with Crippen molar-refractivity contribution in [2.24, 2.45) is 5.41 Å². The first-order valence-electron chi connectivity index (χ1n) is 7.59. The molecule has 2 atom stereocenters. The molecule has 5 heteroatoms. The van der Waals surface area contributed by atoms with Gasteiger partial charge in [-0.3, -0.25) is 0 Å². The van der Waals surface area contributed by atoms with Crippen molar-refractivity contribution in [3.05, 3.63) is 29.8 Å². The van der Waals surface area contributed by atoms with Crippen molar-refractivity contribution in [2.75, 3.05) is 19.0 Å². The summed E-state index contributed by atoms with van der Waals surface area (Å²) < 4.78 is 5.27. The highest BCUT2D eigenvalue weighted by atomic mass is 16.5. The van der Waals surface area contributed by atoms with Crippen LogP contribution in [0.2, 0.25) is 0 Å². The minimum atomic E-state index is -0.382. The van der Waals surface area contributed by atoms with Crippen LogP contribution in [0.3, 0.4) is 0 Å². The molecule has 5 nitrogen and oxygen atoms in total. The molecule has 3 N–H and O–H groups in total. The molecule has 0 radical (unpaired) electrons. The molecule has 1 aromatic carbocycles. The minimum Gasteiger partial charge on any atom is -0.393 e. The molecule has 0 aliphatic rings. The van der Waals surface area contributed by atoms with Gasteiger partial charge in [0.1, 0.15) is 0 Å². The van der Waals surface area contributed by atoms with Crippen LogP contribution in [0.25, 0.3) is 0 Å². The minimum absolute atomic E-state index is 0.0187. The van der Waals surface area contributed by atoms with Gasteiger partial charge in [-0.25, -0.2) is 4.79 Å². The smallest absolute Gasteiger partial charge is 0.319 e. The zero-order valence-corrected chi connectivity index (χ0v) is 14.1. The molecule has 1 aromatic rings. The predicted molar refractivity (Wildman–Crippen MR) is 89.0 cm³/mol. The van der Waals surface area contributed by atoms with Gasteiger partial charge in [0.2, 0.25) is 0 Å². The molecule has 0 saturated carbocycles. The highest BCUT2D eigenvalue weighted by Crippen LogP contribution is 2.22. The molecule has 2 unspecified atom stereocenters. The van der Waals surface area contributed by atoms with Crippen LogP contribution in [0.4, 0.5) is 10.5 Å². The molecule has 0 heterocycles. The highest BCUT2D eigenvalue weighted by molar-refractivity contribution is 5.89. The van der Waals surface area contributed by atoms with Gasteiger partial charge in [-0.15, -0.1) is 0 Å². The van der Waals surface area contributed by atoms with Gasteiger partial charge in [-0.05, 0) is 43.4 Å². The average Bonchev–Trinajstić information content (AvgIpc) is 2.43. The molecule has 2 amide bonds. The SMILES string of the molecule is COC(C)c1cccc(NC(=O)NCC(C)(C)CC(C)O)c1. The van der Waals surface area contributed by atoms with Crippen LogP contribution >= 0.6 is 0 Å². The second-order valence-electron chi connectivity index (χ2n) is 6.53. The van der Waals surface area contributed by atoms with Gasteiger partial charge in [0.25, 0.3) is 0 Å². The zero-order chi connectivity index (χ0) is 16.8. The van der Waals surface area contributed by atoms with Crippen LogP contribution in [0.15, 0.2) is 24.3 Å². The molecular weight excluding hydrogens is 280 g/mol. The summed E-state index contributed by atoms with van der Waals surface area (Å²) in [5, 5.41) is 15.1. The summed E-state index contributed by atoms with van der Waals surface area (Å²) in [5.74, 6) is 0. The number of carbonyl (C=O) groups is 1. The Balaban J connectivity index is 2.55. The number of rotatable bonds is 7. The number of benzene rings is 1. The molecule has 22 heavy (non-hydrogen) atoms. The fourth-order valence-corrected chi connectivity index (χ4v) is 2.37. The van der Waals surface area contributed by atoms with Gasteiger partial charge in [0.05, 0.1) is 12.2 Å². The Morgan fingerprint density at radius 3 is 2.64 bits per heavy atom. The topological polar surface area (TPSA) is 70.6 Å². The van der Waals surface area contributed by atoms with E-state index in [2.05, 4.69) is 10.6 Å². The number of amides is 2. The number of hydrogen-bond acceptors (Lipinski definition) is 3. The van der Waals surface area contributed by atoms with E-state index in [1.807, 2.05) is 45.0 Å². The van der Waals surface area contributed by atoms with E-state index in [0.29, 0.717) is 13.0 Å². The van der Waals surface area contributed by atoms with Crippen molar-refractivity contribution < 1.29 is 14.6 Å². The van der Waals surface area contributed by atoms with Gasteiger partial charge >= 0.3 is 6.03 Å². The first-order chi connectivity index (χ1) is 10.2. The summed E-state index contributed by atoms with van der Waals surface area (Å²) in [6.07, 6.45) is 0.232. The molecule has 0 aromatic heterocycles. The Kier molecular flexibility index (Phi) is 6.84. The van der Waals surface area contributed by atoms with Crippen molar-refractivity contribution in [3.8, 4) is 0 Å². The Morgan fingerprint density at radius 2 is 2.05 bits per heavy atom. The molecule has 0 fully saturated rings. The molecule has 0 spiro atoms. The second-order valence-corrected chi connectivity index (χ2v) is 6.53. The maximum atomic E-state index is 12.0. The number of methoxy groups -OCH3 is 1. The third kappa shape index (κ3) is 6.45. The highest BCUT2D eigenvalue weighted by Gasteiger charge is 2.21. The first-order valence-corrected chi connectivity index (χ1v) is 7.59. The normalized spacial score (nSPS) is 14.3.